The van der Waals surface area contributed by atoms with Crippen molar-refractivity contribution < 1.29 is 13.6 Å². The predicted molar refractivity (Wildman–Crippen MR) is 105 cm³/mol. The van der Waals surface area contributed by atoms with Gasteiger partial charge in [0.2, 0.25) is 5.91 Å². The van der Waals surface area contributed by atoms with Gasteiger partial charge < -0.3 is 10.6 Å². The zero-order valence-electron chi connectivity index (χ0n) is 16.9. The van der Waals surface area contributed by atoms with Gasteiger partial charge in [0.15, 0.2) is 23.4 Å². The molecule has 0 saturated heterocycles. The molecule has 4 heterocycles. The van der Waals surface area contributed by atoms with Crippen molar-refractivity contribution in [3.05, 3.63) is 64.6 Å². The average Bonchev–Trinajstić information content (AvgIpc) is 3.19. The fourth-order valence-electron chi connectivity index (χ4n) is 3.64. The van der Waals surface area contributed by atoms with E-state index in [0.717, 1.165) is 6.07 Å². The molecular formula is C20H18F2N8O. The Balaban J connectivity index is 1.56. The van der Waals surface area contributed by atoms with Crippen molar-refractivity contribution in [3.8, 4) is 0 Å². The zero-order chi connectivity index (χ0) is 21.9. The van der Waals surface area contributed by atoms with Crippen LogP contribution in [0.1, 0.15) is 37.1 Å². The number of hydrogen-bond donors (Lipinski definition) is 2. The lowest BCUT2D eigenvalue weighted by atomic mass is 9.91. The van der Waals surface area contributed by atoms with Crippen LogP contribution in [-0.4, -0.2) is 25.7 Å². The van der Waals surface area contributed by atoms with E-state index in [2.05, 4.69) is 35.9 Å². The lowest BCUT2D eigenvalue weighted by molar-refractivity contribution is -0.125. The van der Waals surface area contributed by atoms with Crippen LogP contribution in [0, 0.1) is 24.0 Å². The van der Waals surface area contributed by atoms with Gasteiger partial charge in [0.05, 0.1) is 17.3 Å². The molecule has 11 heteroatoms. The van der Waals surface area contributed by atoms with Gasteiger partial charge >= 0.3 is 0 Å². The molecule has 0 fully saturated rings. The second-order valence-electron chi connectivity index (χ2n) is 7.98. The zero-order valence-corrected chi connectivity index (χ0v) is 16.9. The van der Waals surface area contributed by atoms with E-state index in [1.165, 1.54) is 16.8 Å². The van der Waals surface area contributed by atoms with E-state index in [0.29, 0.717) is 34.1 Å². The van der Waals surface area contributed by atoms with Gasteiger partial charge in [0, 0.05) is 11.8 Å². The Hall–Kier alpha value is -3.76. The lowest BCUT2D eigenvalue weighted by Crippen LogP contribution is -2.32. The highest BCUT2D eigenvalue weighted by atomic mass is 19.2. The fourth-order valence-corrected chi connectivity index (χ4v) is 3.64. The Morgan fingerprint density at radius 3 is 2.87 bits per heavy atom. The molecule has 0 saturated carbocycles. The van der Waals surface area contributed by atoms with Crippen LogP contribution in [-0.2, 0) is 11.3 Å². The fraction of sp³-hybridized carbons (Fsp3) is 0.300. The molecule has 2 aliphatic rings. The number of carbonyl (C=O) groups excluding carboxylic acids is 1. The van der Waals surface area contributed by atoms with Gasteiger partial charge in [-0.05, 0) is 26.8 Å². The van der Waals surface area contributed by atoms with E-state index in [9.17, 15) is 13.6 Å². The third-order valence-electron chi connectivity index (χ3n) is 5.44. The largest absolute Gasteiger partial charge is 0.342 e. The van der Waals surface area contributed by atoms with Crippen molar-refractivity contribution in [2.24, 2.45) is 15.6 Å². The second-order valence-corrected chi connectivity index (χ2v) is 7.98. The average molecular weight is 424 g/mol. The smallest absolute Gasteiger partial charge is 0.237 e. The van der Waals surface area contributed by atoms with Crippen LogP contribution in [0.3, 0.4) is 0 Å². The number of aromatic nitrogens is 4. The van der Waals surface area contributed by atoms with Crippen LogP contribution in [0.15, 0.2) is 46.1 Å². The summed E-state index contributed by atoms with van der Waals surface area (Å²) in [4.78, 5) is 20.9. The van der Waals surface area contributed by atoms with E-state index in [1.807, 2.05) is 0 Å². The minimum atomic E-state index is -0.931. The van der Waals surface area contributed by atoms with Crippen molar-refractivity contribution in [2.45, 2.75) is 33.5 Å². The maximum atomic E-state index is 14.2. The molecule has 0 bridgehead atoms. The molecule has 9 nitrogen and oxygen atoms in total. The SMILES string of the molecule is Cc1ncc2c(C3N=NC4=C(NC(=O)C4(C)C)N3)nn(Cc3cccc(F)c3F)c2n1. The molecular weight excluding hydrogens is 406 g/mol. The second kappa shape index (κ2) is 6.62. The van der Waals surface area contributed by atoms with Crippen LogP contribution in [0.4, 0.5) is 8.78 Å². The van der Waals surface area contributed by atoms with Crippen LogP contribution < -0.4 is 10.6 Å². The number of rotatable bonds is 3. The molecule has 31 heavy (non-hydrogen) atoms. The number of hydrogen-bond acceptors (Lipinski definition) is 7. The van der Waals surface area contributed by atoms with Crippen molar-refractivity contribution in [1.29, 1.82) is 0 Å². The van der Waals surface area contributed by atoms with Gasteiger partial charge in [0.1, 0.15) is 23.0 Å². The molecule has 158 valence electrons. The van der Waals surface area contributed by atoms with Gasteiger partial charge in [-0.25, -0.2) is 23.4 Å². The number of halogens is 2. The maximum absolute atomic E-state index is 14.2. The number of fused-ring (bicyclic) bond motifs is 1. The van der Waals surface area contributed by atoms with E-state index >= 15 is 0 Å². The standard InChI is InChI=1S/C20H18F2N8O/c1-9-23-7-11-14(16-25-17-15(27-28-16)20(2,3)19(31)26-17)29-30(18(11)24-9)8-10-5-4-6-12(21)13(10)22/h4-7,16,25H,8H2,1-3H3,(H,26,31). The van der Waals surface area contributed by atoms with Crippen LogP contribution >= 0.6 is 0 Å². The minimum Gasteiger partial charge on any atom is -0.342 e. The summed E-state index contributed by atoms with van der Waals surface area (Å²) in [5.41, 5.74) is 0.777. The van der Waals surface area contributed by atoms with Crippen molar-refractivity contribution in [3.63, 3.8) is 0 Å². The molecule has 1 amide bonds. The summed E-state index contributed by atoms with van der Waals surface area (Å²) in [7, 11) is 0. The molecule has 1 unspecified atom stereocenters. The summed E-state index contributed by atoms with van der Waals surface area (Å²) < 4.78 is 29.4. The summed E-state index contributed by atoms with van der Waals surface area (Å²) in [5, 5.41) is 19.6. The first-order valence-electron chi connectivity index (χ1n) is 9.62. The Bertz CT molecular complexity index is 1310. The van der Waals surface area contributed by atoms with Gasteiger partial charge in [-0.15, -0.1) is 0 Å². The van der Waals surface area contributed by atoms with E-state index in [4.69, 9.17) is 0 Å². The van der Waals surface area contributed by atoms with Gasteiger partial charge in [-0.3, -0.25) is 4.79 Å². The normalized spacial score (nSPS) is 19.5. The third kappa shape index (κ3) is 2.95. The molecule has 1 aromatic carbocycles. The number of amides is 1. The maximum Gasteiger partial charge on any atom is 0.237 e. The molecule has 2 aliphatic heterocycles. The molecule has 0 spiro atoms. The summed E-state index contributed by atoms with van der Waals surface area (Å²) in [6, 6.07) is 3.99. The van der Waals surface area contributed by atoms with E-state index < -0.39 is 23.2 Å². The first-order chi connectivity index (χ1) is 14.8. The lowest BCUT2D eigenvalue weighted by Gasteiger charge is -2.20. The van der Waals surface area contributed by atoms with Crippen LogP contribution in [0.2, 0.25) is 0 Å². The first-order valence-corrected chi connectivity index (χ1v) is 9.62. The van der Waals surface area contributed by atoms with Crippen LogP contribution in [0.5, 0.6) is 0 Å². The highest BCUT2D eigenvalue weighted by Crippen LogP contribution is 2.38. The number of nitrogens with one attached hydrogen (secondary N) is 2. The topological polar surface area (TPSA) is 109 Å². The highest BCUT2D eigenvalue weighted by molar-refractivity contribution is 5.90. The summed E-state index contributed by atoms with van der Waals surface area (Å²) >= 11 is 0. The number of azo groups is 1. The number of aryl methyl sites for hydroxylation is 1. The Kier molecular flexibility index (Phi) is 4.11. The van der Waals surface area contributed by atoms with Gasteiger partial charge in [0.25, 0.3) is 0 Å². The number of nitrogens with zero attached hydrogens (tertiary/aromatic N) is 6. The quantitative estimate of drug-likeness (QED) is 0.672. The number of carbonyl (C=O) groups is 1. The Morgan fingerprint density at radius 1 is 1.26 bits per heavy atom. The first kappa shape index (κ1) is 19.2. The van der Waals surface area contributed by atoms with Crippen LogP contribution in [0.25, 0.3) is 11.0 Å². The monoisotopic (exact) mass is 424 g/mol. The minimum absolute atomic E-state index is 0.0296. The van der Waals surface area contributed by atoms with E-state index in [-0.39, 0.29) is 18.0 Å². The van der Waals surface area contributed by atoms with Crippen molar-refractivity contribution in [1.82, 2.24) is 30.4 Å². The van der Waals surface area contributed by atoms with Gasteiger partial charge in [-0.2, -0.15) is 15.3 Å². The molecule has 5 rings (SSSR count). The molecule has 2 aromatic heterocycles. The highest BCUT2D eigenvalue weighted by Gasteiger charge is 2.44. The number of benzene rings is 1. The van der Waals surface area contributed by atoms with Crippen molar-refractivity contribution >= 4 is 16.9 Å². The summed E-state index contributed by atoms with van der Waals surface area (Å²) in [6.45, 7) is 5.23. The molecule has 0 aliphatic carbocycles. The Labute approximate surface area is 175 Å². The predicted octanol–water partition coefficient (Wildman–Crippen LogP) is 2.84. The van der Waals surface area contributed by atoms with Gasteiger partial charge in [-0.1, -0.05) is 12.1 Å². The molecule has 0 radical (unpaired) electrons. The molecule has 3 aromatic rings. The van der Waals surface area contributed by atoms with Crippen molar-refractivity contribution in [2.75, 3.05) is 0 Å². The molecule has 1 atom stereocenters. The van der Waals surface area contributed by atoms with E-state index in [1.54, 1.807) is 27.0 Å². The third-order valence-corrected chi connectivity index (χ3v) is 5.44. The Morgan fingerprint density at radius 2 is 2.06 bits per heavy atom. The summed E-state index contributed by atoms with van der Waals surface area (Å²) in [5.74, 6) is -1.06. The molecule has 2 N–H and O–H groups in total. The summed E-state index contributed by atoms with van der Waals surface area (Å²) in [6.07, 6.45) is 0.900.